The van der Waals surface area contributed by atoms with Gasteiger partial charge >= 0.3 is 5.97 Å². The van der Waals surface area contributed by atoms with E-state index in [-0.39, 0.29) is 47.7 Å². The number of hydrogen-bond donors (Lipinski definition) is 4. The van der Waals surface area contributed by atoms with Crippen LogP contribution in [0.3, 0.4) is 0 Å². The molecule has 1 aromatic carbocycles. The SMILES string of the molecule is CCOC(=O)CNCC1Nc2cc(Cl)c(S(N)(=O)=O)cc2S(=O)(=O)N1.Cl. The molecule has 1 aromatic rings. The van der Waals surface area contributed by atoms with Gasteiger partial charge in [-0.2, -0.15) is 4.72 Å². The first-order valence-corrected chi connectivity index (χ1v) is 10.5. The van der Waals surface area contributed by atoms with Crippen molar-refractivity contribution in [1.82, 2.24) is 10.0 Å². The Morgan fingerprint density at radius 3 is 2.65 bits per heavy atom. The van der Waals surface area contributed by atoms with E-state index in [0.29, 0.717) is 0 Å². The van der Waals surface area contributed by atoms with Crippen LogP contribution in [0.5, 0.6) is 0 Å². The highest BCUT2D eigenvalue weighted by atomic mass is 35.5. The maximum absolute atomic E-state index is 12.3. The van der Waals surface area contributed by atoms with Crippen molar-refractivity contribution < 1.29 is 26.4 Å². The molecule has 0 fully saturated rings. The molecule has 0 aliphatic carbocycles. The summed E-state index contributed by atoms with van der Waals surface area (Å²) in [6, 6.07) is 2.07. The third-order valence-electron chi connectivity index (χ3n) is 3.18. The predicted octanol–water partition coefficient (Wildman–Crippen LogP) is -0.408. The van der Waals surface area contributed by atoms with Gasteiger partial charge in [0.1, 0.15) is 16.0 Å². The van der Waals surface area contributed by atoms with Crippen molar-refractivity contribution >= 4 is 55.7 Å². The molecule has 0 saturated heterocycles. The Morgan fingerprint density at radius 1 is 1.42 bits per heavy atom. The smallest absolute Gasteiger partial charge is 0.319 e. The Balaban J connectivity index is 0.00000338. The number of rotatable bonds is 6. The first kappa shape index (κ1) is 22.9. The molecule has 1 unspecified atom stereocenters. The molecule has 10 nitrogen and oxygen atoms in total. The van der Waals surface area contributed by atoms with E-state index in [0.717, 1.165) is 6.07 Å². The van der Waals surface area contributed by atoms with Crippen LogP contribution in [-0.2, 0) is 29.6 Å². The Hall–Kier alpha value is -1.15. The number of halogens is 2. The van der Waals surface area contributed by atoms with Gasteiger partial charge in [-0.05, 0) is 19.1 Å². The third kappa shape index (κ3) is 5.42. The number of anilines is 1. The minimum absolute atomic E-state index is 0. The summed E-state index contributed by atoms with van der Waals surface area (Å²) in [4.78, 5) is 10.5. The molecule has 1 aliphatic heterocycles. The Morgan fingerprint density at radius 2 is 2.08 bits per heavy atom. The molecule has 148 valence electrons. The molecular formula is C12H18Cl2N4O6S2. The lowest BCUT2D eigenvalue weighted by molar-refractivity contribution is -0.141. The number of ether oxygens (including phenoxy) is 1. The van der Waals surface area contributed by atoms with Gasteiger partial charge in [-0.1, -0.05) is 11.6 Å². The van der Waals surface area contributed by atoms with Crippen LogP contribution in [0.25, 0.3) is 0 Å². The molecule has 0 spiro atoms. The van der Waals surface area contributed by atoms with E-state index in [4.69, 9.17) is 21.5 Å². The molecule has 2 rings (SSSR count). The van der Waals surface area contributed by atoms with Gasteiger partial charge < -0.3 is 15.4 Å². The number of benzene rings is 1. The molecule has 14 heteroatoms. The minimum Gasteiger partial charge on any atom is -0.465 e. The second-order valence-electron chi connectivity index (χ2n) is 5.08. The van der Waals surface area contributed by atoms with Crippen molar-refractivity contribution in [2.75, 3.05) is 25.0 Å². The van der Waals surface area contributed by atoms with Crippen LogP contribution in [0.15, 0.2) is 21.9 Å². The zero-order valence-electron chi connectivity index (χ0n) is 13.5. The monoisotopic (exact) mass is 448 g/mol. The lowest BCUT2D eigenvalue weighted by Gasteiger charge is -2.28. The molecule has 0 saturated carbocycles. The van der Waals surface area contributed by atoms with Crippen LogP contribution in [0.1, 0.15) is 6.92 Å². The van der Waals surface area contributed by atoms with E-state index >= 15 is 0 Å². The van der Waals surface area contributed by atoms with Crippen molar-refractivity contribution in [3.05, 3.63) is 17.2 Å². The lowest BCUT2D eigenvalue weighted by atomic mass is 10.3. The Kier molecular flexibility index (Phi) is 7.65. The van der Waals surface area contributed by atoms with E-state index in [2.05, 4.69) is 15.4 Å². The van der Waals surface area contributed by atoms with Gasteiger partial charge in [-0.15, -0.1) is 12.4 Å². The fourth-order valence-electron chi connectivity index (χ4n) is 2.18. The number of sulfonamides is 2. The van der Waals surface area contributed by atoms with Crippen LogP contribution in [0, 0.1) is 0 Å². The fourth-order valence-corrected chi connectivity index (χ4v) is 4.68. The number of carbonyl (C=O) groups excluding carboxylic acids is 1. The van der Waals surface area contributed by atoms with Crippen LogP contribution >= 0.6 is 24.0 Å². The Labute approximate surface area is 162 Å². The summed E-state index contributed by atoms with van der Waals surface area (Å²) in [5, 5.41) is 10.4. The van der Waals surface area contributed by atoms with Crippen LogP contribution in [-0.4, -0.2) is 48.7 Å². The second kappa shape index (κ2) is 8.69. The van der Waals surface area contributed by atoms with E-state index < -0.39 is 37.1 Å². The molecule has 0 amide bonds. The zero-order chi connectivity index (χ0) is 18.8. The normalized spacial score (nSPS) is 18.2. The highest BCUT2D eigenvalue weighted by Crippen LogP contribution is 2.33. The standard InChI is InChI=1S/C12H17ClN4O6S2.ClH/c1-2-23-12(18)6-15-5-11-16-8-3-7(13)9(24(14,19)20)4-10(8)25(21,22)17-11;/h3-4,11,15-17H,2,5-6H2,1H3,(H2,14,19,20);1H. The topological polar surface area (TPSA) is 157 Å². The van der Waals surface area contributed by atoms with Crippen molar-refractivity contribution in [1.29, 1.82) is 0 Å². The number of hydrogen-bond acceptors (Lipinski definition) is 8. The van der Waals surface area contributed by atoms with Crippen LogP contribution < -0.4 is 20.5 Å². The molecule has 0 radical (unpaired) electrons. The molecule has 1 heterocycles. The van der Waals surface area contributed by atoms with Crippen molar-refractivity contribution in [3.63, 3.8) is 0 Å². The summed E-state index contributed by atoms with van der Waals surface area (Å²) in [6.45, 7) is 1.90. The van der Waals surface area contributed by atoms with E-state index in [1.807, 2.05) is 0 Å². The second-order valence-corrected chi connectivity index (χ2v) is 8.70. The number of fused-ring (bicyclic) bond motifs is 1. The molecule has 0 bridgehead atoms. The van der Waals surface area contributed by atoms with E-state index in [9.17, 15) is 21.6 Å². The largest absolute Gasteiger partial charge is 0.465 e. The first-order chi connectivity index (χ1) is 11.5. The van der Waals surface area contributed by atoms with Gasteiger partial charge in [0, 0.05) is 6.54 Å². The highest BCUT2D eigenvalue weighted by molar-refractivity contribution is 7.90. The number of nitrogens with two attached hydrogens (primary N) is 1. The summed E-state index contributed by atoms with van der Waals surface area (Å²) >= 11 is 5.88. The number of nitrogens with one attached hydrogen (secondary N) is 3. The maximum atomic E-state index is 12.3. The van der Waals surface area contributed by atoms with Gasteiger partial charge in [0.05, 0.1) is 23.9 Å². The number of carbonyl (C=O) groups is 1. The number of esters is 1. The summed E-state index contributed by atoms with van der Waals surface area (Å²) in [5.74, 6) is -0.470. The lowest BCUT2D eigenvalue weighted by Crippen LogP contribution is -2.50. The molecule has 5 N–H and O–H groups in total. The molecule has 1 atom stereocenters. The fraction of sp³-hybridized carbons (Fsp3) is 0.417. The Bertz CT molecular complexity index is 891. The quantitative estimate of drug-likeness (QED) is 0.427. The predicted molar refractivity (Wildman–Crippen MR) is 97.3 cm³/mol. The van der Waals surface area contributed by atoms with Gasteiger partial charge in [-0.3, -0.25) is 4.79 Å². The van der Waals surface area contributed by atoms with Gasteiger partial charge in [0.25, 0.3) is 0 Å². The van der Waals surface area contributed by atoms with E-state index in [1.54, 1.807) is 6.92 Å². The third-order valence-corrected chi connectivity index (χ3v) is 6.07. The van der Waals surface area contributed by atoms with Crippen LogP contribution in [0.4, 0.5) is 5.69 Å². The summed E-state index contributed by atoms with van der Waals surface area (Å²) in [6.07, 6.45) is -0.775. The summed E-state index contributed by atoms with van der Waals surface area (Å²) < 4.78 is 54.7. The molecular weight excluding hydrogens is 431 g/mol. The summed E-state index contributed by atoms with van der Waals surface area (Å²) in [7, 11) is -8.17. The highest BCUT2D eigenvalue weighted by Gasteiger charge is 2.31. The van der Waals surface area contributed by atoms with Crippen LogP contribution in [0.2, 0.25) is 5.02 Å². The van der Waals surface area contributed by atoms with Crippen molar-refractivity contribution in [2.45, 2.75) is 22.9 Å². The number of primary sulfonamides is 1. The van der Waals surface area contributed by atoms with Gasteiger partial charge in [-0.25, -0.2) is 22.0 Å². The van der Waals surface area contributed by atoms with Crippen molar-refractivity contribution in [2.24, 2.45) is 5.14 Å². The summed E-state index contributed by atoms with van der Waals surface area (Å²) in [5.41, 5.74) is 0.124. The molecule has 26 heavy (non-hydrogen) atoms. The van der Waals surface area contributed by atoms with E-state index in [1.165, 1.54) is 6.07 Å². The molecule has 0 aromatic heterocycles. The van der Waals surface area contributed by atoms with Gasteiger partial charge in [0.15, 0.2) is 0 Å². The van der Waals surface area contributed by atoms with Gasteiger partial charge in [0.2, 0.25) is 20.0 Å². The molecule has 1 aliphatic rings. The minimum atomic E-state index is -4.18. The maximum Gasteiger partial charge on any atom is 0.319 e. The van der Waals surface area contributed by atoms with Crippen molar-refractivity contribution in [3.8, 4) is 0 Å². The average Bonchev–Trinajstić information content (AvgIpc) is 2.44. The average molecular weight is 449 g/mol. The first-order valence-electron chi connectivity index (χ1n) is 7.06. The zero-order valence-corrected chi connectivity index (χ0v) is 16.7.